The van der Waals surface area contributed by atoms with Gasteiger partial charge in [-0.25, -0.2) is 9.37 Å². The molecule has 0 unspecified atom stereocenters. The van der Waals surface area contributed by atoms with Crippen LogP contribution < -0.4 is 5.32 Å². The summed E-state index contributed by atoms with van der Waals surface area (Å²) in [6.45, 7) is 0. The topological polar surface area (TPSA) is 72.7 Å². The molecule has 0 bridgehead atoms. The van der Waals surface area contributed by atoms with Gasteiger partial charge in [0.25, 0.3) is 5.91 Å². The molecule has 0 aliphatic heterocycles. The molecule has 1 saturated carbocycles. The maximum Gasteiger partial charge on any atom is 0.274 e. The van der Waals surface area contributed by atoms with Crippen molar-refractivity contribution in [3.63, 3.8) is 0 Å². The molecule has 4 rings (SSSR count). The number of pyridine rings is 1. The number of aryl methyl sites for hydroxylation is 1. The summed E-state index contributed by atoms with van der Waals surface area (Å²) in [5.74, 6) is 0.183. The Morgan fingerprint density at radius 2 is 2.19 bits per heavy atom. The average Bonchev–Trinajstić information content (AvgIpc) is 3.42. The Balaban J connectivity index is 1.44. The first kappa shape index (κ1) is 17.7. The van der Waals surface area contributed by atoms with Crippen LogP contribution in [0, 0.1) is 5.82 Å². The van der Waals surface area contributed by atoms with E-state index < -0.39 is 0 Å². The van der Waals surface area contributed by atoms with Crippen molar-refractivity contribution in [2.75, 3.05) is 5.32 Å². The Hall–Kier alpha value is -2.74. The van der Waals surface area contributed by atoms with Crippen molar-refractivity contribution in [1.82, 2.24) is 19.7 Å². The molecule has 1 N–H and O–H groups in total. The smallest absolute Gasteiger partial charge is 0.274 e. The molecule has 1 fully saturated rings. The molecule has 8 heteroatoms. The third-order valence-electron chi connectivity index (χ3n) is 4.29. The van der Waals surface area contributed by atoms with Gasteiger partial charge in [0.15, 0.2) is 5.16 Å². The van der Waals surface area contributed by atoms with Crippen molar-refractivity contribution >= 4 is 23.4 Å². The van der Waals surface area contributed by atoms with E-state index in [0.717, 1.165) is 23.6 Å². The van der Waals surface area contributed by atoms with Gasteiger partial charge in [0, 0.05) is 24.4 Å². The van der Waals surface area contributed by atoms with Crippen LogP contribution >= 0.6 is 11.8 Å². The van der Waals surface area contributed by atoms with E-state index in [2.05, 4.69) is 20.5 Å². The number of aromatic nitrogens is 4. The monoisotopic (exact) mass is 383 g/mol. The Morgan fingerprint density at radius 1 is 1.33 bits per heavy atom. The zero-order valence-corrected chi connectivity index (χ0v) is 15.5. The Labute approximate surface area is 160 Å². The predicted molar refractivity (Wildman–Crippen MR) is 101 cm³/mol. The number of amides is 1. The molecule has 0 radical (unpaired) electrons. The fourth-order valence-corrected chi connectivity index (χ4v) is 3.54. The zero-order valence-electron chi connectivity index (χ0n) is 14.7. The number of rotatable bonds is 6. The maximum atomic E-state index is 13.8. The number of thioether (sulfide) groups is 1. The fraction of sp³-hybridized carbons (Fsp3) is 0.263. The lowest BCUT2D eigenvalue weighted by Crippen LogP contribution is -2.15. The number of carbonyl (C=O) groups excluding carboxylic acids is 1. The summed E-state index contributed by atoms with van der Waals surface area (Å²) in [7, 11) is 1.89. The molecular formula is C19H18FN5OS. The van der Waals surface area contributed by atoms with Crippen LogP contribution in [-0.2, 0) is 12.8 Å². The van der Waals surface area contributed by atoms with E-state index in [-0.39, 0.29) is 23.3 Å². The highest BCUT2D eigenvalue weighted by molar-refractivity contribution is 7.98. The molecule has 0 atom stereocenters. The summed E-state index contributed by atoms with van der Waals surface area (Å²) in [6.07, 6.45) is 3.52. The standard InChI is InChI=1S/C19H18FN5OS/c1-25-11-21-24-19(25)27-10-12-3-2-4-14(9-12)22-18(26)16-8-7-15(20)17(23-16)13-5-6-13/h2-4,7-9,11,13H,5-6,10H2,1H3,(H,22,26). The molecule has 27 heavy (non-hydrogen) atoms. The number of halogens is 1. The number of hydrogen-bond donors (Lipinski definition) is 1. The average molecular weight is 383 g/mol. The van der Waals surface area contributed by atoms with E-state index in [1.807, 2.05) is 35.9 Å². The second kappa shape index (κ2) is 7.48. The first-order chi connectivity index (χ1) is 13.1. The third kappa shape index (κ3) is 4.16. The van der Waals surface area contributed by atoms with E-state index in [0.29, 0.717) is 17.1 Å². The number of anilines is 1. The van der Waals surface area contributed by atoms with Gasteiger partial charge < -0.3 is 9.88 Å². The van der Waals surface area contributed by atoms with Gasteiger partial charge in [0.05, 0.1) is 5.69 Å². The van der Waals surface area contributed by atoms with Crippen LogP contribution in [0.3, 0.4) is 0 Å². The van der Waals surface area contributed by atoms with E-state index >= 15 is 0 Å². The molecule has 2 heterocycles. The minimum Gasteiger partial charge on any atom is -0.321 e. The van der Waals surface area contributed by atoms with Crippen LogP contribution in [0.2, 0.25) is 0 Å². The van der Waals surface area contributed by atoms with Crippen LogP contribution in [0.15, 0.2) is 47.9 Å². The third-order valence-corrected chi connectivity index (χ3v) is 5.40. The van der Waals surface area contributed by atoms with Crippen molar-refractivity contribution in [2.45, 2.75) is 29.7 Å². The minimum atomic E-state index is -0.338. The first-order valence-corrected chi connectivity index (χ1v) is 9.62. The summed E-state index contributed by atoms with van der Waals surface area (Å²) >= 11 is 1.57. The van der Waals surface area contributed by atoms with Crippen molar-refractivity contribution in [2.24, 2.45) is 7.05 Å². The molecule has 138 valence electrons. The molecule has 1 aromatic carbocycles. The molecule has 6 nitrogen and oxygen atoms in total. The number of hydrogen-bond acceptors (Lipinski definition) is 5. The molecule has 1 aliphatic rings. The Bertz CT molecular complexity index is 986. The van der Waals surface area contributed by atoms with E-state index in [9.17, 15) is 9.18 Å². The lowest BCUT2D eigenvalue weighted by atomic mass is 10.2. The Morgan fingerprint density at radius 3 is 2.93 bits per heavy atom. The number of nitrogens with one attached hydrogen (secondary N) is 1. The van der Waals surface area contributed by atoms with Gasteiger partial charge in [0.1, 0.15) is 17.8 Å². The normalized spacial score (nSPS) is 13.6. The summed E-state index contributed by atoms with van der Waals surface area (Å²) in [5.41, 5.74) is 2.36. The quantitative estimate of drug-likeness (QED) is 0.656. The van der Waals surface area contributed by atoms with E-state index in [4.69, 9.17) is 0 Å². The fourth-order valence-electron chi connectivity index (χ4n) is 2.71. The van der Waals surface area contributed by atoms with Gasteiger partial charge in [0.2, 0.25) is 0 Å². The van der Waals surface area contributed by atoms with Gasteiger partial charge in [-0.3, -0.25) is 4.79 Å². The number of carbonyl (C=O) groups is 1. The van der Waals surface area contributed by atoms with Crippen molar-refractivity contribution in [3.05, 3.63) is 65.5 Å². The van der Waals surface area contributed by atoms with Gasteiger partial charge in [-0.2, -0.15) is 0 Å². The highest BCUT2D eigenvalue weighted by Gasteiger charge is 2.29. The number of benzene rings is 1. The molecule has 0 saturated heterocycles. The molecule has 1 aliphatic carbocycles. The van der Waals surface area contributed by atoms with Crippen molar-refractivity contribution < 1.29 is 9.18 Å². The highest BCUT2D eigenvalue weighted by atomic mass is 32.2. The zero-order chi connectivity index (χ0) is 18.8. The largest absolute Gasteiger partial charge is 0.321 e. The number of nitrogens with zero attached hydrogens (tertiary/aromatic N) is 4. The highest BCUT2D eigenvalue weighted by Crippen LogP contribution is 2.40. The molecule has 3 aromatic rings. The van der Waals surface area contributed by atoms with Crippen LogP contribution in [0.5, 0.6) is 0 Å². The van der Waals surface area contributed by atoms with Gasteiger partial charge >= 0.3 is 0 Å². The minimum absolute atomic E-state index is 0.152. The maximum absolute atomic E-state index is 13.8. The summed E-state index contributed by atoms with van der Waals surface area (Å²) in [4.78, 5) is 16.7. The lowest BCUT2D eigenvalue weighted by Gasteiger charge is -2.08. The summed E-state index contributed by atoms with van der Waals surface area (Å²) in [5, 5.41) is 11.6. The molecule has 1 amide bonds. The summed E-state index contributed by atoms with van der Waals surface area (Å²) < 4.78 is 15.7. The van der Waals surface area contributed by atoms with Crippen LogP contribution in [-0.4, -0.2) is 25.7 Å². The SMILES string of the molecule is Cn1cnnc1SCc1cccc(NC(=O)c2ccc(F)c(C3CC3)n2)c1. The predicted octanol–water partition coefficient (Wildman–Crippen LogP) is 3.77. The summed E-state index contributed by atoms with van der Waals surface area (Å²) in [6, 6.07) is 10.3. The van der Waals surface area contributed by atoms with Crippen molar-refractivity contribution in [1.29, 1.82) is 0 Å². The van der Waals surface area contributed by atoms with Crippen LogP contribution in [0.1, 0.15) is 40.5 Å². The van der Waals surface area contributed by atoms with Crippen molar-refractivity contribution in [3.8, 4) is 0 Å². The van der Waals surface area contributed by atoms with Crippen LogP contribution in [0.4, 0.5) is 10.1 Å². The molecule has 0 spiro atoms. The first-order valence-electron chi connectivity index (χ1n) is 8.63. The molecular weight excluding hydrogens is 365 g/mol. The van der Waals surface area contributed by atoms with Gasteiger partial charge in [-0.15, -0.1) is 10.2 Å². The molecule has 2 aromatic heterocycles. The van der Waals surface area contributed by atoms with Crippen LogP contribution in [0.25, 0.3) is 0 Å². The van der Waals surface area contributed by atoms with E-state index in [1.165, 1.54) is 12.1 Å². The Kier molecular flexibility index (Phi) is 4.89. The van der Waals surface area contributed by atoms with Gasteiger partial charge in [-0.1, -0.05) is 23.9 Å². The lowest BCUT2D eigenvalue weighted by molar-refractivity contribution is 0.102. The van der Waals surface area contributed by atoms with E-state index in [1.54, 1.807) is 18.1 Å². The second-order valence-corrected chi connectivity index (χ2v) is 7.45. The van der Waals surface area contributed by atoms with Gasteiger partial charge in [-0.05, 0) is 42.7 Å². The second-order valence-electron chi connectivity index (χ2n) is 6.51.